The van der Waals surface area contributed by atoms with E-state index in [2.05, 4.69) is 20.2 Å². The van der Waals surface area contributed by atoms with Crippen LogP contribution in [0.5, 0.6) is 0 Å². The number of nitrogens with zero attached hydrogens (tertiary/aromatic N) is 6. The van der Waals surface area contributed by atoms with E-state index in [9.17, 15) is 9.59 Å². The Morgan fingerprint density at radius 3 is 2.50 bits per heavy atom. The van der Waals surface area contributed by atoms with Crippen molar-refractivity contribution in [2.45, 2.75) is 40.3 Å². The van der Waals surface area contributed by atoms with Crippen LogP contribution in [0.25, 0.3) is 28.2 Å². The molecule has 0 unspecified atom stereocenters. The average Bonchev–Trinajstić information content (AvgIpc) is 3.26. The molecule has 0 aliphatic heterocycles. The third kappa shape index (κ3) is 2.20. The first-order valence-corrected chi connectivity index (χ1v) is 8.66. The SMILES string of the molecule is CCc1nnc2ccc(-c3nc4c([nH]3)c(=O)n(CC)c(=O)n4CC)cn12. The van der Waals surface area contributed by atoms with Crippen LogP contribution in [-0.4, -0.2) is 33.7 Å². The Bertz CT molecular complexity index is 1240. The zero-order valence-corrected chi connectivity index (χ0v) is 14.9. The third-order valence-electron chi connectivity index (χ3n) is 4.56. The molecule has 0 amide bonds. The average molecular weight is 353 g/mol. The summed E-state index contributed by atoms with van der Waals surface area (Å²) in [5.41, 5.74) is 1.56. The Kier molecular flexibility index (Phi) is 3.71. The summed E-state index contributed by atoms with van der Waals surface area (Å²) < 4.78 is 4.63. The lowest BCUT2D eigenvalue weighted by atomic mass is 10.2. The fraction of sp³-hybridized carbons (Fsp3) is 0.353. The van der Waals surface area contributed by atoms with Gasteiger partial charge in [-0.05, 0) is 26.0 Å². The van der Waals surface area contributed by atoms with Crippen molar-refractivity contribution in [1.82, 2.24) is 33.7 Å². The summed E-state index contributed by atoms with van der Waals surface area (Å²) in [6.45, 7) is 6.39. The molecule has 4 aromatic heterocycles. The molecule has 0 fully saturated rings. The topological polar surface area (TPSA) is 103 Å². The van der Waals surface area contributed by atoms with E-state index in [1.54, 1.807) is 6.92 Å². The maximum Gasteiger partial charge on any atom is 0.332 e. The highest BCUT2D eigenvalue weighted by molar-refractivity contribution is 5.75. The fourth-order valence-corrected chi connectivity index (χ4v) is 3.19. The third-order valence-corrected chi connectivity index (χ3v) is 4.56. The second-order valence-electron chi connectivity index (χ2n) is 5.98. The second kappa shape index (κ2) is 5.94. The standard InChI is InChI=1S/C17H19N7O2/c1-4-11-20-21-12-8-7-10(9-24(11)12)14-18-13-15(19-14)22(5-2)17(26)23(6-3)16(13)25/h7-9H,4-6H2,1-3H3,(H,18,19). The van der Waals surface area contributed by atoms with Crippen LogP contribution in [0.4, 0.5) is 0 Å². The minimum atomic E-state index is -0.351. The second-order valence-corrected chi connectivity index (χ2v) is 5.98. The Balaban J connectivity index is 2.00. The van der Waals surface area contributed by atoms with Gasteiger partial charge in [-0.1, -0.05) is 6.92 Å². The number of imidazole rings is 1. The number of aryl methyl sites for hydroxylation is 2. The number of aromatic nitrogens is 7. The van der Waals surface area contributed by atoms with E-state index < -0.39 is 0 Å². The summed E-state index contributed by atoms with van der Waals surface area (Å²) in [4.78, 5) is 32.7. The molecule has 134 valence electrons. The lowest BCUT2D eigenvalue weighted by Gasteiger charge is -2.06. The lowest BCUT2D eigenvalue weighted by Crippen LogP contribution is -2.39. The molecule has 0 bridgehead atoms. The highest BCUT2D eigenvalue weighted by Gasteiger charge is 2.17. The van der Waals surface area contributed by atoms with Gasteiger partial charge in [0, 0.05) is 31.3 Å². The first-order valence-electron chi connectivity index (χ1n) is 8.66. The van der Waals surface area contributed by atoms with Crippen molar-refractivity contribution >= 4 is 16.8 Å². The quantitative estimate of drug-likeness (QED) is 0.594. The maximum atomic E-state index is 12.6. The normalized spacial score (nSPS) is 11.7. The van der Waals surface area contributed by atoms with Gasteiger partial charge in [-0.25, -0.2) is 9.78 Å². The lowest BCUT2D eigenvalue weighted by molar-refractivity contribution is 0.606. The van der Waals surface area contributed by atoms with E-state index in [0.717, 1.165) is 23.5 Å². The van der Waals surface area contributed by atoms with E-state index in [1.165, 1.54) is 9.13 Å². The molecule has 0 aliphatic rings. The highest BCUT2D eigenvalue weighted by atomic mass is 16.2. The minimum Gasteiger partial charge on any atom is -0.332 e. The van der Waals surface area contributed by atoms with Crippen molar-refractivity contribution in [3.8, 4) is 11.4 Å². The van der Waals surface area contributed by atoms with Gasteiger partial charge in [0.05, 0.1) is 0 Å². The zero-order valence-electron chi connectivity index (χ0n) is 14.9. The minimum absolute atomic E-state index is 0.314. The summed E-state index contributed by atoms with van der Waals surface area (Å²) in [7, 11) is 0. The Morgan fingerprint density at radius 1 is 1.04 bits per heavy atom. The van der Waals surface area contributed by atoms with Crippen LogP contribution in [0.3, 0.4) is 0 Å². The molecule has 4 aromatic rings. The smallest absolute Gasteiger partial charge is 0.332 e. The van der Waals surface area contributed by atoms with Gasteiger partial charge in [-0.2, -0.15) is 0 Å². The Labute approximate surface area is 147 Å². The van der Waals surface area contributed by atoms with E-state index >= 15 is 0 Å². The molecule has 4 rings (SSSR count). The summed E-state index contributed by atoms with van der Waals surface area (Å²) in [6.07, 6.45) is 2.64. The molecule has 1 N–H and O–H groups in total. The van der Waals surface area contributed by atoms with E-state index in [-0.39, 0.29) is 11.2 Å². The molecule has 0 aliphatic carbocycles. The van der Waals surface area contributed by atoms with E-state index in [1.807, 2.05) is 36.6 Å². The van der Waals surface area contributed by atoms with Gasteiger partial charge in [0.2, 0.25) is 0 Å². The predicted octanol–water partition coefficient (Wildman–Crippen LogP) is 1.20. The van der Waals surface area contributed by atoms with Crippen molar-refractivity contribution in [2.75, 3.05) is 0 Å². The number of H-pyrrole nitrogens is 1. The number of hydrogen-bond acceptors (Lipinski definition) is 5. The molecule has 0 saturated heterocycles. The van der Waals surface area contributed by atoms with Crippen molar-refractivity contribution in [3.63, 3.8) is 0 Å². The van der Waals surface area contributed by atoms with E-state index in [0.29, 0.717) is 30.1 Å². The summed E-state index contributed by atoms with van der Waals surface area (Å²) >= 11 is 0. The first kappa shape index (κ1) is 16.2. The molecule has 0 spiro atoms. The van der Waals surface area contributed by atoms with Gasteiger partial charge in [0.25, 0.3) is 5.56 Å². The van der Waals surface area contributed by atoms with Gasteiger partial charge in [-0.3, -0.25) is 18.3 Å². The predicted molar refractivity (Wildman–Crippen MR) is 97.3 cm³/mol. The number of pyridine rings is 1. The first-order chi connectivity index (χ1) is 12.6. The zero-order chi connectivity index (χ0) is 18.4. The van der Waals surface area contributed by atoms with Crippen LogP contribution in [0.1, 0.15) is 26.6 Å². The van der Waals surface area contributed by atoms with Gasteiger partial charge in [0.1, 0.15) is 17.2 Å². The molecule has 0 saturated carbocycles. The van der Waals surface area contributed by atoms with Gasteiger partial charge in [-0.15, -0.1) is 10.2 Å². The number of hydrogen-bond donors (Lipinski definition) is 1. The van der Waals surface area contributed by atoms with Crippen LogP contribution in [0.15, 0.2) is 27.9 Å². The highest BCUT2D eigenvalue weighted by Crippen LogP contribution is 2.19. The monoisotopic (exact) mass is 353 g/mol. The van der Waals surface area contributed by atoms with Crippen LogP contribution >= 0.6 is 0 Å². The molecule has 26 heavy (non-hydrogen) atoms. The summed E-state index contributed by atoms with van der Waals surface area (Å²) in [5.74, 6) is 1.38. The maximum absolute atomic E-state index is 12.6. The van der Waals surface area contributed by atoms with Crippen molar-refractivity contribution in [1.29, 1.82) is 0 Å². The number of fused-ring (bicyclic) bond motifs is 2. The molecule has 0 radical (unpaired) electrons. The number of rotatable bonds is 4. The molecule has 0 aromatic carbocycles. The number of aromatic amines is 1. The van der Waals surface area contributed by atoms with Crippen LogP contribution in [-0.2, 0) is 19.5 Å². The summed E-state index contributed by atoms with van der Waals surface area (Å²) in [6, 6.07) is 3.72. The van der Waals surface area contributed by atoms with Crippen molar-refractivity contribution in [2.24, 2.45) is 0 Å². The van der Waals surface area contributed by atoms with Gasteiger partial charge in [0.15, 0.2) is 11.3 Å². The van der Waals surface area contributed by atoms with Gasteiger partial charge < -0.3 is 4.98 Å². The summed E-state index contributed by atoms with van der Waals surface area (Å²) in [5, 5.41) is 8.28. The number of nitrogens with one attached hydrogen (secondary N) is 1. The molecule has 0 atom stereocenters. The van der Waals surface area contributed by atoms with Crippen molar-refractivity contribution in [3.05, 3.63) is 45.0 Å². The Morgan fingerprint density at radius 2 is 1.81 bits per heavy atom. The van der Waals surface area contributed by atoms with E-state index in [4.69, 9.17) is 0 Å². The molecular formula is C17H19N7O2. The molecular weight excluding hydrogens is 334 g/mol. The van der Waals surface area contributed by atoms with Crippen LogP contribution < -0.4 is 11.2 Å². The van der Waals surface area contributed by atoms with Crippen LogP contribution in [0.2, 0.25) is 0 Å². The Hall–Kier alpha value is -3.23. The van der Waals surface area contributed by atoms with Gasteiger partial charge >= 0.3 is 5.69 Å². The van der Waals surface area contributed by atoms with Crippen molar-refractivity contribution < 1.29 is 0 Å². The molecule has 9 nitrogen and oxygen atoms in total. The molecule has 4 heterocycles. The van der Waals surface area contributed by atoms with Crippen LogP contribution in [0, 0.1) is 0 Å². The fourth-order valence-electron chi connectivity index (χ4n) is 3.19. The largest absolute Gasteiger partial charge is 0.332 e. The molecule has 9 heteroatoms.